The summed E-state index contributed by atoms with van der Waals surface area (Å²) < 4.78 is 1.20. The molecule has 0 aromatic heterocycles. The first-order valence-electron chi connectivity index (χ1n) is 8.28. The molecule has 0 spiro atoms. The Morgan fingerprint density at radius 2 is 2.14 bits per heavy atom. The molecule has 1 aliphatic rings. The summed E-state index contributed by atoms with van der Waals surface area (Å²) in [5, 5.41) is 0. The number of halogens is 1. The maximum Gasteiger partial charge on any atom is 0.0510 e. The molecule has 3 unspecified atom stereocenters. The first-order valence-corrected chi connectivity index (χ1v) is 9.07. The van der Waals surface area contributed by atoms with Crippen LogP contribution in [0.3, 0.4) is 0 Å². The monoisotopic (exact) mass is 352 g/mol. The van der Waals surface area contributed by atoms with Gasteiger partial charge in [-0.15, -0.1) is 0 Å². The van der Waals surface area contributed by atoms with Gasteiger partial charge in [-0.05, 0) is 65.2 Å². The number of benzene rings is 1. The molecule has 3 atom stereocenters. The Morgan fingerprint density at radius 3 is 2.76 bits per heavy atom. The fraction of sp³-hybridized carbons (Fsp3) is 0.667. The Labute approximate surface area is 138 Å². The molecular formula is C18H29BrN2. The van der Waals surface area contributed by atoms with Crippen LogP contribution in [0.1, 0.15) is 51.5 Å². The van der Waals surface area contributed by atoms with Crippen LogP contribution in [0.15, 0.2) is 22.7 Å². The van der Waals surface area contributed by atoms with Gasteiger partial charge in [0, 0.05) is 23.6 Å². The molecule has 3 heteroatoms. The Bertz CT molecular complexity index is 461. The minimum atomic E-state index is 0.264. The number of hydrogen-bond acceptors (Lipinski definition) is 2. The second kappa shape index (κ2) is 7.64. The molecule has 1 aromatic carbocycles. The van der Waals surface area contributed by atoms with Crippen molar-refractivity contribution in [3.05, 3.63) is 28.2 Å². The van der Waals surface area contributed by atoms with Crippen molar-refractivity contribution < 1.29 is 0 Å². The fourth-order valence-electron chi connectivity index (χ4n) is 3.36. The molecule has 21 heavy (non-hydrogen) atoms. The molecular weight excluding hydrogens is 324 g/mol. The molecule has 1 fully saturated rings. The third-order valence-corrected chi connectivity index (χ3v) is 5.51. The van der Waals surface area contributed by atoms with E-state index in [9.17, 15) is 0 Å². The molecule has 2 nitrogen and oxygen atoms in total. The molecule has 2 N–H and O–H groups in total. The Balaban J connectivity index is 2.09. The quantitative estimate of drug-likeness (QED) is 0.828. The van der Waals surface area contributed by atoms with Gasteiger partial charge in [-0.1, -0.05) is 32.8 Å². The van der Waals surface area contributed by atoms with Crippen LogP contribution in [-0.4, -0.2) is 19.1 Å². The van der Waals surface area contributed by atoms with Crippen molar-refractivity contribution in [3.8, 4) is 0 Å². The summed E-state index contributed by atoms with van der Waals surface area (Å²) in [7, 11) is 2.24. The van der Waals surface area contributed by atoms with E-state index in [4.69, 9.17) is 5.73 Å². The molecule has 0 aliphatic heterocycles. The van der Waals surface area contributed by atoms with E-state index in [1.807, 2.05) is 0 Å². The van der Waals surface area contributed by atoms with Crippen LogP contribution in [0.5, 0.6) is 0 Å². The van der Waals surface area contributed by atoms with Gasteiger partial charge in [0.25, 0.3) is 0 Å². The van der Waals surface area contributed by atoms with Crippen molar-refractivity contribution >= 4 is 21.6 Å². The summed E-state index contributed by atoms with van der Waals surface area (Å²) >= 11 is 3.76. The predicted molar refractivity (Wildman–Crippen MR) is 95.9 cm³/mol. The normalized spacial score (nSPS) is 23.9. The maximum atomic E-state index is 6.06. The average Bonchev–Trinajstić information content (AvgIpc) is 2.46. The highest BCUT2D eigenvalue weighted by Gasteiger charge is 2.23. The molecule has 1 saturated carbocycles. The maximum absolute atomic E-state index is 6.06. The molecule has 1 aliphatic carbocycles. The van der Waals surface area contributed by atoms with E-state index >= 15 is 0 Å². The lowest BCUT2D eigenvalue weighted by Gasteiger charge is -2.36. The van der Waals surface area contributed by atoms with Crippen LogP contribution in [0.4, 0.5) is 5.69 Å². The highest BCUT2D eigenvalue weighted by molar-refractivity contribution is 9.10. The minimum Gasteiger partial charge on any atom is -0.371 e. The summed E-state index contributed by atoms with van der Waals surface area (Å²) in [5.74, 6) is 0.854. The van der Waals surface area contributed by atoms with Crippen LogP contribution in [0.25, 0.3) is 0 Å². The summed E-state index contributed by atoms with van der Waals surface area (Å²) in [6.45, 7) is 4.52. The van der Waals surface area contributed by atoms with Gasteiger partial charge < -0.3 is 10.6 Å². The SMILES string of the molecule is CCC(N)Cc1ccc(N(C)C2CCCC(C)C2)c(Br)c1. The van der Waals surface area contributed by atoms with Gasteiger partial charge in [-0.25, -0.2) is 0 Å². The zero-order valence-electron chi connectivity index (χ0n) is 13.6. The van der Waals surface area contributed by atoms with Gasteiger partial charge in [0.15, 0.2) is 0 Å². The van der Waals surface area contributed by atoms with E-state index in [0.717, 1.165) is 18.8 Å². The first kappa shape index (κ1) is 16.8. The number of rotatable bonds is 5. The molecule has 0 heterocycles. The van der Waals surface area contributed by atoms with Crippen LogP contribution < -0.4 is 10.6 Å². The lowest BCUT2D eigenvalue weighted by molar-refractivity contribution is 0.336. The zero-order valence-corrected chi connectivity index (χ0v) is 15.2. The van der Waals surface area contributed by atoms with E-state index in [2.05, 4.69) is 59.9 Å². The molecule has 0 bridgehead atoms. The average molecular weight is 353 g/mol. The number of nitrogens with zero attached hydrogens (tertiary/aromatic N) is 1. The van der Waals surface area contributed by atoms with Crippen molar-refractivity contribution in [1.82, 2.24) is 0 Å². The van der Waals surface area contributed by atoms with E-state index in [1.165, 1.54) is 41.4 Å². The predicted octanol–water partition coefficient (Wildman–Crippen LogP) is 4.74. The molecule has 0 amide bonds. The van der Waals surface area contributed by atoms with E-state index in [-0.39, 0.29) is 6.04 Å². The van der Waals surface area contributed by atoms with E-state index in [0.29, 0.717) is 6.04 Å². The van der Waals surface area contributed by atoms with Crippen molar-refractivity contribution in [3.63, 3.8) is 0 Å². The molecule has 118 valence electrons. The summed E-state index contributed by atoms with van der Waals surface area (Å²) in [4.78, 5) is 2.46. The standard InChI is InChI=1S/C18H29BrN2/c1-4-15(20)11-14-8-9-18(17(19)12-14)21(3)16-7-5-6-13(2)10-16/h8-9,12-13,15-16H,4-7,10-11,20H2,1-3H3. The second-order valence-electron chi connectivity index (χ2n) is 6.69. The lowest BCUT2D eigenvalue weighted by Crippen LogP contribution is -2.35. The largest absolute Gasteiger partial charge is 0.371 e. The van der Waals surface area contributed by atoms with Crippen molar-refractivity contribution in [2.45, 2.75) is 64.5 Å². The van der Waals surface area contributed by atoms with E-state index in [1.54, 1.807) is 0 Å². The van der Waals surface area contributed by atoms with Crippen molar-refractivity contribution in [2.24, 2.45) is 11.7 Å². The summed E-state index contributed by atoms with van der Waals surface area (Å²) in [6, 6.07) is 7.67. The first-order chi connectivity index (χ1) is 10.0. The zero-order chi connectivity index (χ0) is 15.4. The highest BCUT2D eigenvalue weighted by atomic mass is 79.9. The minimum absolute atomic E-state index is 0.264. The van der Waals surface area contributed by atoms with E-state index < -0.39 is 0 Å². The summed E-state index contributed by atoms with van der Waals surface area (Å²) in [5.41, 5.74) is 8.69. The number of hydrogen-bond donors (Lipinski definition) is 1. The Morgan fingerprint density at radius 1 is 1.38 bits per heavy atom. The number of anilines is 1. The van der Waals surface area contributed by atoms with Crippen LogP contribution in [-0.2, 0) is 6.42 Å². The molecule has 0 radical (unpaired) electrons. The van der Waals surface area contributed by atoms with Gasteiger partial charge in [-0.3, -0.25) is 0 Å². The van der Waals surface area contributed by atoms with Crippen LogP contribution >= 0.6 is 15.9 Å². The third-order valence-electron chi connectivity index (χ3n) is 4.87. The van der Waals surface area contributed by atoms with Gasteiger partial charge in [-0.2, -0.15) is 0 Å². The van der Waals surface area contributed by atoms with Crippen molar-refractivity contribution in [1.29, 1.82) is 0 Å². The fourth-order valence-corrected chi connectivity index (χ4v) is 4.07. The van der Waals surface area contributed by atoms with Crippen LogP contribution in [0.2, 0.25) is 0 Å². The van der Waals surface area contributed by atoms with Gasteiger partial charge >= 0.3 is 0 Å². The summed E-state index contributed by atoms with van der Waals surface area (Å²) in [6.07, 6.45) is 7.36. The third kappa shape index (κ3) is 4.46. The number of nitrogens with two attached hydrogens (primary N) is 1. The van der Waals surface area contributed by atoms with Gasteiger partial charge in [0.2, 0.25) is 0 Å². The highest BCUT2D eigenvalue weighted by Crippen LogP contribution is 2.33. The topological polar surface area (TPSA) is 29.3 Å². The molecule has 2 rings (SSSR count). The molecule has 1 aromatic rings. The second-order valence-corrected chi connectivity index (χ2v) is 7.55. The van der Waals surface area contributed by atoms with Gasteiger partial charge in [0.1, 0.15) is 0 Å². The Hall–Kier alpha value is -0.540. The Kier molecular flexibility index (Phi) is 6.12. The molecule has 0 saturated heterocycles. The van der Waals surface area contributed by atoms with Crippen molar-refractivity contribution in [2.75, 3.05) is 11.9 Å². The van der Waals surface area contributed by atoms with Gasteiger partial charge in [0.05, 0.1) is 5.69 Å². The smallest absolute Gasteiger partial charge is 0.0510 e. The lowest BCUT2D eigenvalue weighted by atomic mass is 9.86. The van der Waals surface area contributed by atoms with Crippen LogP contribution in [0, 0.1) is 5.92 Å².